The fraction of sp³-hybridized carbons (Fsp3) is 0.417. The number of para-hydroxylation sites is 2. The molecule has 2 aromatic rings. The highest BCUT2D eigenvalue weighted by Crippen LogP contribution is 2.32. The molecule has 0 aliphatic carbocycles. The molecule has 102 valence electrons. The summed E-state index contributed by atoms with van der Waals surface area (Å²) in [5.74, 6) is 0. The van der Waals surface area contributed by atoms with Crippen LogP contribution >= 0.6 is 12.2 Å². The fourth-order valence-corrected chi connectivity index (χ4v) is 2.73. The molecule has 2 heterocycles. The van der Waals surface area contributed by atoms with Gasteiger partial charge in [-0.2, -0.15) is 0 Å². The molecule has 1 aromatic heterocycles. The topological polar surface area (TPSA) is 90.6 Å². The van der Waals surface area contributed by atoms with E-state index >= 15 is 0 Å². The fourth-order valence-electron chi connectivity index (χ4n) is 2.42. The SMILES string of the molecule is OC[C@@H]1O[C@@H](n2c(=S)[nH]c3ccccc32)[C@@H](O)[C@@H]1O. The second-order valence-electron chi connectivity index (χ2n) is 4.55. The van der Waals surface area contributed by atoms with E-state index in [0.717, 1.165) is 11.0 Å². The van der Waals surface area contributed by atoms with Crippen molar-refractivity contribution in [1.29, 1.82) is 0 Å². The molecular weight excluding hydrogens is 268 g/mol. The maximum Gasteiger partial charge on any atom is 0.180 e. The molecule has 3 rings (SSSR count). The van der Waals surface area contributed by atoms with Gasteiger partial charge in [0.15, 0.2) is 11.0 Å². The van der Waals surface area contributed by atoms with E-state index in [1.165, 1.54) is 0 Å². The number of fused-ring (bicyclic) bond motifs is 1. The van der Waals surface area contributed by atoms with Gasteiger partial charge in [0.2, 0.25) is 0 Å². The Morgan fingerprint density at radius 1 is 1.26 bits per heavy atom. The van der Waals surface area contributed by atoms with Crippen molar-refractivity contribution in [1.82, 2.24) is 9.55 Å². The Morgan fingerprint density at radius 2 is 2.00 bits per heavy atom. The van der Waals surface area contributed by atoms with E-state index < -0.39 is 24.5 Å². The van der Waals surface area contributed by atoms with Gasteiger partial charge in [0.25, 0.3) is 0 Å². The number of hydrogen-bond acceptors (Lipinski definition) is 5. The van der Waals surface area contributed by atoms with Crippen LogP contribution in [0, 0.1) is 4.77 Å². The number of ether oxygens (including phenoxy) is 1. The molecular formula is C12H14N2O4S. The highest BCUT2D eigenvalue weighted by atomic mass is 32.1. The van der Waals surface area contributed by atoms with Crippen molar-refractivity contribution in [2.75, 3.05) is 6.61 Å². The maximum absolute atomic E-state index is 10.0. The van der Waals surface area contributed by atoms with Crippen molar-refractivity contribution < 1.29 is 20.1 Å². The average Bonchev–Trinajstić information content (AvgIpc) is 2.88. The van der Waals surface area contributed by atoms with Gasteiger partial charge in [0.1, 0.15) is 18.3 Å². The monoisotopic (exact) mass is 282 g/mol. The second-order valence-corrected chi connectivity index (χ2v) is 4.93. The highest BCUT2D eigenvalue weighted by Gasteiger charge is 2.43. The third kappa shape index (κ3) is 1.90. The summed E-state index contributed by atoms with van der Waals surface area (Å²) in [6.45, 7) is -0.357. The Labute approximate surface area is 113 Å². The van der Waals surface area contributed by atoms with Crippen molar-refractivity contribution in [3.8, 4) is 0 Å². The molecule has 0 saturated carbocycles. The van der Waals surface area contributed by atoms with E-state index in [1.807, 2.05) is 24.3 Å². The van der Waals surface area contributed by atoms with Crippen LogP contribution in [-0.2, 0) is 4.74 Å². The van der Waals surface area contributed by atoms with Crippen LogP contribution in [0.4, 0.5) is 0 Å². The molecule has 4 N–H and O–H groups in total. The Morgan fingerprint density at radius 3 is 2.68 bits per heavy atom. The molecule has 19 heavy (non-hydrogen) atoms. The third-order valence-electron chi connectivity index (χ3n) is 3.40. The predicted octanol–water partition coefficient (Wildman–Crippen LogP) is 0.310. The van der Waals surface area contributed by atoms with Gasteiger partial charge in [-0.15, -0.1) is 0 Å². The van der Waals surface area contributed by atoms with Crippen molar-refractivity contribution in [3.05, 3.63) is 29.0 Å². The predicted molar refractivity (Wildman–Crippen MR) is 70.1 cm³/mol. The lowest BCUT2D eigenvalue weighted by molar-refractivity contribution is -0.0514. The molecule has 0 amide bonds. The summed E-state index contributed by atoms with van der Waals surface area (Å²) in [6, 6.07) is 7.43. The van der Waals surface area contributed by atoms with Crippen LogP contribution in [0.3, 0.4) is 0 Å². The number of aromatic nitrogens is 2. The molecule has 1 aliphatic heterocycles. The number of nitrogens with one attached hydrogen (secondary N) is 1. The molecule has 0 unspecified atom stereocenters. The summed E-state index contributed by atoms with van der Waals surface area (Å²) < 4.78 is 7.51. The van der Waals surface area contributed by atoms with E-state index in [4.69, 9.17) is 22.1 Å². The maximum atomic E-state index is 10.0. The number of hydrogen-bond donors (Lipinski definition) is 4. The van der Waals surface area contributed by atoms with Gasteiger partial charge in [0.05, 0.1) is 17.6 Å². The lowest BCUT2D eigenvalue weighted by atomic mass is 10.1. The molecule has 1 aromatic carbocycles. The minimum absolute atomic E-state index is 0.357. The molecule has 0 spiro atoms. The lowest BCUT2D eigenvalue weighted by Crippen LogP contribution is -2.33. The zero-order valence-electron chi connectivity index (χ0n) is 9.93. The van der Waals surface area contributed by atoms with Crippen LogP contribution in [-0.4, -0.2) is 49.8 Å². The summed E-state index contributed by atoms with van der Waals surface area (Å²) in [5.41, 5.74) is 1.60. The first kappa shape index (κ1) is 12.8. The summed E-state index contributed by atoms with van der Waals surface area (Å²) in [5, 5.41) is 29.0. The van der Waals surface area contributed by atoms with E-state index in [0.29, 0.717) is 4.77 Å². The molecule has 7 heteroatoms. The van der Waals surface area contributed by atoms with E-state index in [9.17, 15) is 10.2 Å². The first-order chi connectivity index (χ1) is 9.13. The molecule has 4 atom stereocenters. The van der Waals surface area contributed by atoms with Gasteiger partial charge in [-0.05, 0) is 24.4 Å². The number of nitrogens with zero attached hydrogens (tertiary/aromatic N) is 1. The van der Waals surface area contributed by atoms with Crippen LogP contribution in [0.2, 0.25) is 0 Å². The van der Waals surface area contributed by atoms with Gasteiger partial charge in [-0.3, -0.25) is 4.57 Å². The molecule has 1 aliphatic rings. The molecule has 6 nitrogen and oxygen atoms in total. The zero-order chi connectivity index (χ0) is 13.6. The van der Waals surface area contributed by atoms with E-state index in [1.54, 1.807) is 4.57 Å². The van der Waals surface area contributed by atoms with Crippen LogP contribution < -0.4 is 0 Å². The number of rotatable bonds is 2. The van der Waals surface area contributed by atoms with Crippen LogP contribution in [0.15, 0.2) is 24.3 Å². The average molecular weight is 282 g/mol. The number of imidazole rings is 1. The molecule has 1 saturated heterocycles. The van der Waals surface area contributed by atoms with Crippen LogP contribution in [0.1, 0.15) is 6.23 Å². The van der Waals surface area contributed by atoms with Gasteiger partial charge in [-0.1, -0.05) is 12.1 Å². The largest absolute Gasteiger partial charge is 0.394 e. The Hall–Kier alpha value is -1.25. The third-order valence-corrected chi connectivity index (χ3v) is 3.69. The summed E-state index contributed by atoms with van der Waals surface area (Å²) in [4.78, 5) is 3.01. The Balaban J connectivity index is 2.10. The Kier molecular flexibility index (Phi) is 3.15. The Bertz CT molecular complexity index is 652. The van der Waals surface area contributed by atoms with Gasteiger partial charge in [0, 0.05) is 0 Å². The number of aromatic amines is 1. The normalized spacial score (nSPS) is 31.1. The first-order valence-corrected chi connectivity index (χ1v) is 6.36. The number of benzene rings is 1. The molecule has 0 radical (unpaired) electrons. The molecule has 1 fully saturated rings. The lowest BCUT2D eigenvalue weighted by Gasteiger charge is -2.17. The zero-order valence-corrected chi connectivity index (χ0v) is 10.7. The van der Waals surface area contributed by atoms with Crippen molar-refractivity contribution >= 4 is 23.3 Å². The van der Waals surface area contributed by atoms with Gasteiger partial charge >= 0.3 is 0 Å². The smallest absolute Gasteiger partial charge is 0.180 e. The van der Waals surface area contributed by atoms with Crippen LogP contribution in [0.5, 0.6) is 0 Å². The van der Waals surface area contributed by atoms with Crippen molar-refractivity contribution in [3.63, 3.8) is 0 Å². The number of aliphatic hydroxyl groups is 3. The quantitative estimate of drug-likeness (QED) is 0.595. The number of aliphatic hydroxyl groups excluding tert-OH is 3. The highest BCUT2D eigenvalue weighted by molar-refractivity contribution is 7.71. The summed E-state index contributed by atoms with van der Waals surface area (Å²) >= 11 is 5.23. The van der Waals surface area contributed by atoms with Crippen molar-refractivity contribution in [2.45, 2.75) is 24.5 Å². The number of H-pyrrole nitrogens is 1. The van der Waals surface area contributed by atoms with Gasteiger partial charge in [-0.25, -0.2) is 0 Å². The van der Waals surface area contributed by atoms with E-state index in [2.05, 4.69) is 4.98 Å². The summed E-state index contributed by atoms with van der Waals surface area (Å²) in [7, 11) is 0. The second kappa shape index (κ2) is 4.69. The standard InChI is InChI=1S/C12H14N2O4S/c15-5-8-9(16)10(17)11(18-8)14-7-4-2-1-3-6(7)13-12(14)19/h1-4,8-11,15-17H,5H2,(H,13,19)/t8-,9+,10-,11+/m0/s1. The van der Waals surface area contributed by atoms with Crippen LogP contribution in [0.25, 0.3) is 11.0 Å². The minimum atomic E-state index is -1.14. The minimum Gasteiger partial charge on any atom is -0.394 e. The van der Waals surface area contributed by atoms with E-state index in [-0.39, 0.29) is 6.61 Å². The van der Waals surface area contributed by atoms with Gasteiger partial charge < -0.3 is 25.0 Å². The first-order valence-electron chi connectivity index (χ1n) is 5.95. The summed E-state index contributed by atoms with van der Waals surface area (Å²) in [6.07, 6.45) is -3.89. The van der Waals surface area contributed by atoms with Crippen molar-refractivity contribution in [2.24, 2.45) is 0 Å². The molecule has 0 bridgehead atoms.